The van der Waals surface area contributed by atoms with Gasteiger partial charge < -0.3 is 10.5 Å². The maximum Gasteiger partial charge on any atom is 0.339 e. The number of aromatic nitrogens is 1. The van der Waals surface area contributed by atoms with Crippen molar-refractivity contribution in [2.75, 3.05) is 5.73 Å². The van der Waals surface area contributed by atoms with Crippen LogP contribution >= 0.6 is 0 Å². The van der Waals surface area contributed by atoms with Gasteiger partial charge in [-0.25, -0.2) is 4.79 Å². The molecule has 0 aliphatic carbocycles. The van der Waals surface area contributed by atoms with Crippen molar-refractivity contribution >= 4 is 11.7 Å². The molecule has 1 heterocycles. The van der Waals surface area contributed by atoms with E-state index in [1.165, 1.54) is 0 Å². The summed E-state index contributed by atoms with van der Waals surface area (Å²) >= 11 is 0. The van der Waals surface area contributed by atoms with Crippen molar-refractivity contribution in [3.8, 4) is 16.9 Å². The third-order valence-electron chi connectivity index (χ3n) is 4.32. The van der Waals surface area contributed by atoms with Gasteiger partial charge in [0.2, 0.25) is 0 Å². The van der Waals surface area contributed by atoms with Crippen molar-refractivity contribution in [2.45, 2.75) is 19.8 Å². The van der Waals surface area contributed by atoms with Crippen molar-refractivity contribution in [1.29, 1.82) is 0 Å². The zero-order valence-electron chi connectivity index (χ0n) is 15.3. The summed E-state index contributed by atoms with van der Waals surface area (Å²) in [6.07, 6.45) is 4.64. The van der Waals surface area contributed by atoms with Crippen molar-refractivity contribution in [2.24, 2.45) is 0 Å². The Morgan fingerprint density at radius 3 is 2.56 bits per heavy atom. The van der Waals surface area contributed by atoms with Crippen LogP contribution in [-0.4, -0.2) is 11.0 Å². The number of nitrogen functional groups attached to an aromatic ring is 1. The SMILES string of the molecule is C=C(Cc1cccc(N)c1)C(=O)Oc1cc(-c2ccncc2)ccc1CC. The van der Waals surface area contributed by atoms with E-state index in [1.54, 1.807) is 12.4 Å². The fourth-order valence-corrected chi connectivity index (χ4v) is 2.86. The van der Waals surface area contributed by atoms with Crippen molar-refractivity contribution in [1.82, 2.24) is 4.98 Å². The minimum atomic E-state index is -0.431. The number of pyridine rings is 1. The van der Waals surface area contributed by atoms with Gasteiger partial charge in [-0.3, -0.25) is 4.98 Å². The molecular formula is C23H22N2O2. The van der Waals surface area contributed by atoms with Crippen LogP contribution in [0.5, 0.6) is 5.75 Å². The smallest absolute Gasteiger partial charge is 0.339 e. The van der Waals surface area contributed by atoms with E-state index in [0.29, 0.717) is 23.4 Å². The number of hydrogen-bond donors (Lipinski definition) is 1. The maximum absolute atomic E-state index is 12.6. The monoisotopic (exact) mass is 358 g/mol. The van der Waals surface area contributed by atoms with Crippen LogP contribution in [-0.2, 0) is 17.6 Å². The Kier molecular flexibility index (Phi) is 5.67. The first-order chi connectivity index (χ1) is 13.1. The summed E-state index contributed by atoms with van der Waals surface area (Å²) in [5, 5.41) is 0. The lowest BCUT2D eigenvalue weighted by Crippen LogP contribution is -2.13. The molecule has 0 unspecified atom stereocenters. The number of aryl methyl sites for hydroxylation is 1. The first-order valence-corrected chi connectivity index (χ1v) is 8.84. The molecule has 0 amide bonds. The highest BCUT2D eigenvalue weighted by molar-refractivity contribution is 5.90. The Morgan fingerprint density at radius 1 is 1.07 bits per heavy atom. The van der Waals surface area contributed by atoms with Crippen LogP contribution in [0.3, 0.4) is 0 Å². The van der Waals surface area contributed by atoms with E-state index in [1.807, 2.05) is 61.5 Å². The number of rotatable bonds is 6. The fourth-order valence-electron chi connectivity index (χ4n) is 2.86. The Morgan fingerprint density at radius 2 is 1.85 bits per heavy atom. The number of carbonyl (C=O) groups is 1. The average molecular weight is 358 g/mol. The molecule has 0 saturated heterocycles. The Labute approximate surface area is 159 Å². The number of nitrogens with two attached hydrogens (primary N) is 1. The van der Waals surface area contributed by atoms with E-state index in [2.05, 4.69) is 11.6 Å². The highest BCUT2D eigenvalue weighted by Gasteiger charge is 2.14. The number of ether oxygens (including phenoxy) is 1. The second-order valence-electron chi connectivity index (χ2n) is 6.33. The molecule has 136 valence electrons. The molecule has 0 atom stereocenters. The van der Waals surface area contributed by atoms with Gasteiger partial charge in [0, 0.05) is 30.1 Å². The lowest BCUT2D eigenvalue weighted by Gasteiger charge is -2.12. The van der Waals surface area contributed by atoms with Gasteiger partial charge in [0.25, 0.3) is 0 Å². The molecule has 2 N–H and O–H groups in total. The molecule has 27 heavy (non-hydrogen) atoms. The molecule has 0 spiro atoms. The lowest BCUT2D eigenvalue weighted by atomic mass is 10.0. The van der Waals surface area contributed by atoms with Crippen LogP contribution in [0, 0.1) is 0 Å². The number of benzene rings is 2. The van der Waals surface area contributed by atoms with Crippen molar-refractivity contribution < 1.29 is 9.53 Å². The largest absolute Gasteiger partial charge is 0.423 e. The van der Waals surface area contributed by atoms with Gasteiger partial charge in [-0.1, -0.05) is 37.8 Å². The van der Waals surface area contributed by atoms with Gasteiger partial charge in [-0.2, -0.15) is 0 Å². The maximum atomic E-state index is 12.6. The first-order valence-electron chi connectivity index (χ1n) is 8.84. The van der Waals surface area contributed by atoms with Crippen molar-refractivity contribution in [3.05, 3.63) is 90.3 Å². The van der Waals surface area contributed by atoms with Gasteiger partial charge >= 0.3 is 5.97 Å². The summed E-state index contributed by atoms with van der Waals surface area (Å²) in [6.45, 7) is 5.92. The summed E-state index contributed by atoms with van der Waals surface area (Å²) in [4.78, 5) is 16.6. The molecule has 0 aliphatic heterocycles. The molecule has 1 aromatic heterocycles. The second-order valence-corrected chi connectivity index (χ2v) is 6.33. The Hall–Kier alpha value is -3.40. The molecule has 0 fully saturated rings. The molecule has 3 aromatic rings. The van der Waals surface area contributed by atoms with Gasteiger partial charge in [0.1, 0.15) is 5.75 Å². The van der Waals surface area contributed by atoms with Crippen LogP contribution in [0.4, 0.5) is 5.69 Å². The van der Waals surface area contributed by atoms with Crippen LogP contribution < -0.4 is 10.5 Å². The molecule has 0 saturated carbocycles. The molecule has 2 aromatic carbocycles. The van der Waals surface area contributed by atoms with Gasteiger partial charge in [-0.15, -0.1) is 0 Å². The highest BCUT2D eigenvalue weighted by atomic mass is 16.5. The summed E-state index contributed by atoms with van der Waals surface area (Å²) < 4.78 is 5.68. The van der Waals surface area contributed by atoms with E-state index in [9.17, 15) is 4.79 Å². The average Bonchev–Trinajstić information content (AvgIpc) is 2.68. The second kappa shape index (κ2) is 8.32. The molecule has 0 radical (unpaired) electrons. The summed E-state index contributed by atoms with van der Waals surface area (Å²) in [6, 6.07) is 17.2. The molecule has 4 heteroatoms. The quantitative estimate of drug-likeness (QED) is 0.303. The molecule has 3 rings (SSSR count). The molecular weight excluding hydrogens is 336 g/mol. The molecule has 0 aliphatic rings. The molecule has 4 nitrogen and oxygen atoms in total. The van der Waals surface area contributed by atoms with Crippen LogP contribution in [0.2, 0.25) is 0 Å². The standard InChI is InChI=1S/C23H22N2O2/c1-3-18-7-8-20(19-9-11-25-12-10-19)15-22(18)27-23(26)16(2)13-17-5-4-6-21(24)14-17/h4-12,14-15H,2-3,13,24H2,1H3. The van der Waals surface area contributed by atoms with E-state index in [4.69, 9.17) is 10.5 Å². The third-order valence-corrected chi connectivity index (χ3v) is 4.32. The molecule has 0 bridgehead atoms. The van der Waals surface area contributed by atoms with E-state index in [0.717, 1.165) is 28.7 Å². The number of carbonyl (C=O) groups excluding carboxylic acids is 1. The van der Waals surface area contributed by atoms with E-state index >= 15 is 0 Å². The highest BCUT2D eigenvalue weighted by Crippen LogP contribution is 2.28. The lowest BCUT2D eigenvalue weighted by molar-refractivity contribution is -0.130. The first kappa shape index (κ1) is 18.4. The normalized spacial score (nSPS) is 10.4. The Balaban J connectivity index is 1.79. The van der Waals surface area contributed by atoms with E-state index in [-0.39, 0.29) is 0 Å². The van der Waals surface area contributed by atoms with Gasteiger partial charge in [0.05, 0.1) is 0 Å². The third kappa shape index (κ3) is 4.61. The minimum Gasteiger partial charge on any atom is -0.423 e. The summed E-state index contributed by atoms with van der Waals surface area (Å²) in [7, 11) is 0. The minimum absolute atomic E-state index is 0.386. The zero-order valence-corrected chi connectivity index (χ0v) is 15.3. The summed E-state index contributed by atoms with van der Waals surface area (Å²) in [5.74, 6) is 0.129. The van der Waals surface area contributed by atoms with Gasteiger partial charge in [-0.05, 0) is 59.0 Å². The number of esters is 1. The van der Waals surface area contributed by atoms with Crippen LogP contribution in [0.25, 0.3) is 11.1 Å². The van der Waals surface area contributed by atoms with Crippen molar-refractivity contribution in [3.63, 3.8) is 0 Å². The predicted octanol–water partition coefficient (Wildman–Crippen LogP) is 4.60. The number of hydrogen-bond acceptors (Lipinski definition) is 4. The number of nitrogens with zero attached hydrogens (tertiary/aromatic N) is 1. The van der Waals surface area contributed by atoms with Crippen LogP contribution in [0.15, 0.2) is 79.1 Å². The predicted molar refractivity (Wildman–Crippen MR) is 108 cm³/mol. The van der Waals surface area contributed by atoms with Gasteiger partial charge in [0.15, 0.2) is 0 Å². The zero-order chi connectivity index (χ0) is 19.2. The summed E-state index contributed by atoms with van der Waals surface area (Å²) in [5.41, 5.74) is 10.7. The Bertz CT molecular complexity index is 965. The topological polar surface area (TPSA) is 65.2 Å². The van der Waals surface area contributed by atoms with Crippen LogP contribution in [0.1, 0.15) is 18.1 Å². The van der Waals surface area contributed by atoms with E-state index < -0.39 is 5.97 Å². The number of anilines is 1. The fraction of sp³-hybridized carbons (Fsp3) is 0.130.